The number of Topliss-reactive ketones (excluding diaryl/α,β-unsaturated/α-hetero) is 1. The van der Waals surface area contributed by atoms with Gasteiger partial charge in [0.25, 0.3) is 0 Å². The summed E-state index contributed by atoms with van der Waals surface area (Å²) in [7, 11) is 0. The summed E-state index contributed by atoms with van der Waals surface area (Å²) < 4.78 is 49.9. The molecule has 5 heterocycles. The fraction of sp³-hybridized carbons (Fsp3) is 0.424. The van der Waals surface area contributed by atoms with Crippen LogP contribution in [0.2, 0.25) is 0 Å². The van der Waals surface area contributed by atoms with Gasteiger partial charge in [0.1, 0.15) is 11.4 Å². The van der Waals surface area contributed by atoms with Crippen molar-refractivity contribution in [1.82, 2.24) is 34.7 Å². The molecule has 0 aliphatic carbocycles. The van der Waals surface area contributed by atoms with Crippen LogP contribution < -0.4 is 10.1 Å². The molecule has 0 saturated carbocycles. The molecule has 0 bridgehead atoms. The number of benzene rings is 1. The second kappa shape index (κ2) is 13.2. The molecule has 2 aliphatic heterocycles. The van der Waals surface area contributed by atoms with E-state index >= 15 is 0 Å². The maximum atomic E-state index is 14.1. The highest BCUT2D eigenvalue weighted by atomic mass is 19.4. The average molecular weight is 636 g/mol. The third kappa shape index (κ3) is 6.75. The molecule has 0 spiro atoms. The quantitative estimate of drug-likeness (QED) is 0.256. The van der Waals surface area contributed by atoms with Gasteiger partial charge in [-0.15, -0.1) is 0 Å². The van der Waals surface area contributed by atoms with Crippen molar-refractivity contribution in [2.24, 2.45) is 0 Å². The van der Waals surface area contributed by atoms with E-state index in [0.717, 1.165) is 36.8 Å². The van der Waals surface area contributed by atoms with Crippen LogP contribution in [-0.4, -0.2) is 73.8 Å². The van der Waals surface area contributed by atoms with Gasteiger partial charge < -0.3 is 15.0 Å². The van der Waals surface area contributed by atoms with E-state index in [1.165, 1.54) is 10.6 Å². The molecule has 6 rings (SSSR count). The first kappa shape index (κ1) is 31.6. The Hall–Kier alpha value is -4.36. The minimum atomic E-state index is -4.52. The van der Waals surface area contributed by atoms with Crippen molar-refractivity contribution in [1.29, 1.82) is 0 Å². The summed E-state index contributed by atoms with van der Waals surface area (Å²) in [6, 6.07) is 7.75. The number of carbonyl (C=O) groups excluding carboxylic acids is 2. The van der Waals surface area contributed by atoms with Gasteiger partial charge in [0.05, 0.1) is 36.3 Å². The van der Waals surface area contributed by atoms with E-state index in [4.69, 9.17) is 4.74 Å². The van der Waals surface area contributed by atoms with Crippen LogP contribution in [0.3, 0.4) is 0 Å². The van der Waals surface area contributed by atoms with E-state index in [9.17, 15) is 22.8 Å². The number of nitrogens with one attached hydrogen (secondary N) is 1. The molecule has 1 atom stereocenters. The van der Waals surface area contributed by atoms with Gasteiger partial charge in [0, 0.05) is 64.2 Å². The zero-order valence-corrected chi connectivity index (χ0v) is 25.8. The molecule has 13 heteroatoms. The highest BCUT2D eigenvalue weighted by Gasteiger charge is 2.35. The predicted octanol–water partition coefficient (Wildman–Crippen LogP) is 5.01. The number of ketones is 1. The molecule has 1 N–H and O–H groups in total. The first-order valence-corrected chi connectivity index (χ1v) is 15.6. The van der Waals surface area contributed by atoms with E-state index in [-0.39, 0.29) is 42.7 Å². The standard InChI is InChI=1S/C33H36F3N7O3/c1-3-22-18-42(30(45)14-21-5-6-23(26(13-21)33(34,35)36)17-41-11-9-37-10-12-41)19-24-15-25(16-38-31(22)24)46-29-7-8-39-43-20-27(28(44)4-2)40-32(29)43/h5-8,13,15-16,20,22,37H,3-4,9-12,14,17-19H2,1-2H3/t22-/m0/s1. The minimum absolute atomic E-state index is 0.0311. The number of fused-ring (bicyclic) bond motifs is 2. The Morgan fingerprint density at radius 1 is 1.11 bits per heavy atom. The third-order valence-electron chi connectivity index (χ3n) is 8.61. The molecule has 4 aromatic rings. The summed E-state index contributed by atoms with van der Waals surface area (Å²) in [5.74, 6) is 0.431. The number of piperazine rings is 1. The number of halogens is 3. The molecular formula is C33H36F3N7O3. The fourth-order valence-corrected chi connectivity index (χ4v) is 6.11. The highest BCUT2D eigenvalue weighted by Crippen LogP contribution is 2.35. The van der Waals surface area contributed by atoms with E-state index in [0.29, 0.717) is 54.5 Å². The van der Waals surface area contributed by atoms with Gasteiger partial charge in [0.2, 0.25) is 5.91 Å². The number of aromatic nitrogens is 4. The summed E-state index contributed by atoms with van der Waals surface area (Å²) in [4.78, 5) is 38.5. The van der Waals surface area contributed by atoms with Gasteiger partial charge in [-0.3, -0.25) is 19.5 Å². The number of ether oxygens (including phenoxy) is 1. The predicted molar refractivity (Wildman–Crippen MR) is 164 cm³/mol. The molecule has 46 heavy (non-hydrogen) atoms. The minimum Gasteiger partial charge on any atom is -0.452 e. The number of imidazole rings is 1. The lowest BCUT2D eigenvalue weighted by atomic mass is 9.92. The lowest BCUT2D eigenvalue weighted by Crippen LogP contribution is -2.43. The van der Waals surface area contributed by atoms with Crippen LogP contribution in [0.25, 0.3) is 5.65 Å². The molecule has 10 nitrogen and oxygen atoms in total. The summed E-state index contributed by atoms with van der Waals surface area (Å²) in [5, 5.41) is 7.43. The van der Waals surface area contributed by atoms with Crippen molar-refractivity contribution in [2.45, 2.75) is 58.3 Å². The Morgan fingerprint density at radius 3 is 2.65 bits per heavy atom. The van der Waals surface area contributed by atoms with Crippen molar-refractivity contribution < 1.29 is 27.5 Å². The van der Waals surface area contributed by atoms with E-state index in [1.807, 2.05) is 17.9 Å². The number of hydrogen-bond acceptors (Lipinski definition) is 8. The SMILES string of the molecule is CCC(=O)c1cn2nccc(Oc3cnc4c(c3)CN(C(=O)Cc3ccc(CN5CCNCC5)c(C(F)(F)F)c3)C[C@@H]4CC)c2n1. The summed E-state index contributed by atoms with van der Waals surface area (Å²) >= 11 is 0. The third-order valence-corrected chi connectivity index (χ3v) is 8.61. The Balaban J connectivity index is 1.20. The molecular weight excluding hydrogens is 599 g/mol. The Morgan fingerprint density at radius 2 is 1.91 bits per heavy atom. The zero-order chi connectivity index (χ0) is 32.4. The van der Waals surface area contributed by atoms with Crippen molar-refractivity contribution >= 4 is 17.3 Å². The summed E-state index contributed by atoms with van der Waals surface area (Å²) in [6.45, 7) is 7.54. The second-order valence-corrected chi connectivity index (χ2v) is 11.8. The normalized spacial score (nSPS) is 17.2. The number of nitrogens with zero attached hydrogens (tertiary/aromatic N) is 6. The van der Waals surface area contributed by atoms with Crippen molar-refractivity contribution in [3.63, 3.8) is 0 Å². The fourth-order valence-electron chi connectivity index (χ4n) is 6.11. The number of alkyl halides is 3. The van der Waals surface area contributed by atoms with Gasteiger partial charge in [-0.25, -0.2) is 9.50 Å². The lowest BCUT2D eigenvalue weighted by molar-refractivity contribution is -0.138. The van der Waals surface area contributed by atoms with E-state index < -0.39 is 11.7 Å². The number of amides is 1. The van der Waals surface area contributed by atoms with Crippen LogP contribution in [0, 0.1) is 0 Å². The molecule has 0 radical (unpaired) electrons. The zero-order valence-electron chi connectivity index (χ0n) is 25.8. The molecule has 1 amide bonds. The number of hydrogen-bond donors (Lipinski definition) is 1. The molecule has 242 valence electrons. The van der Waals surface area contributed by atoms with Gasteiger partial charge in [-0.1, -0.05) is 26.0 Å². The van der Waals surface area contributed by atoms with Crippen molar-refractivity contribution in [3.05, 3.63) is 82.6 Å². The molecule has 1 saturated heterocycles. The van der Waals surface area contributed by atoms with E-state index in [1.54, 1.807) is 42.5 Å². The van der Waals surface area contributed by atoms with Crippen LogP contribution in [0.15, 0.2) is 48.9 Å². The molecule has 0 unspecified atom stereocenters. The van der Waals surface area contributed by atoms with Crippen LogP contribution in [-0.2, 0) is 30.5 Å². The van der Waals surface area contributed by atoms with Crippen LogP contribution in [0.4, 0.5) is 13.2 Å². The lowest BCUT2D eigenvalue weighted by Gasteiger charge is -2.34. The van der Waals surface area contributed by atoms with Crippen molar-refractivity contribution in [3.8, 4) is 11.5 Å². The maximum Gasteiger partial charge on any atom is 0.416 e. The number of rotatable bonds is 9. The first-order valence-electron chi connectivity index (χ1n) is 15.6. The number of carbonyl (C=O) groups is 2. The molecule has 3 aromatic heterocycles. The monoisotopic (exact) mass is 635 g/mol. The topological polar surface area (TPSA) is 105 Å². The molecule has 1 aromatic carbocycles. The first-order chi connectivity index (χ1) is 22.1. The average Bonchev–Trinajstić information content (AvgIpc) is 3.50. The van der Waals surface area contributed by atoms with Gasteiger partial charge in [0.15, 0.2) is 17.2 Å². The van der Waals surface area contributed by atoms with Crippen LogP contribution >= 0.6 is 0 Å². The van der Waals surface area contributed by atoms with Crippen molar-refractivity contribution in [2.75, 3.05) is 32.7 Å². The second-order valence-electron chi connectivity index (χ2n) is 11.8. The highest BCUT2D eigenvalue weighted by molar-refractivity contribution is 5.94. The molecule has 1 fully saturated rings. The van der Waals surface area contributed by atoms with Gasteiger partial charge in [-0.05, 0) is 35.2 Å². The van der Waals surface area contributed by atoms with Crippen LogP contribution in [0.1, 0.15) is 71.0 Å². The Kier molecular flexibility index (Phi) is 9.05. The van der Waals surface area contributed by atoms with Gasteiger partial charge >= 0.3 is 6.18 Å². The Labute approximate surface area is 264 Å². The van der Waals surface area contributed by atoms with Gasteiger partial charge in [-0.2, -0.15) is 18.3 Å². The maximum absolute atomic E-state index is 14.1. The van der Waals surface area contributed by atoms with E-state index in [2.05, 4.69) is 20.4 Å². The smallest absolute Gasteiger partial charge is 0.416 e. The van der Waals surface area contributed by atoms with Crippen LogP contribution in [0.5, 0.6) is 11.5 Å². The summed E-state index contributed by atoms with van der Waals surface area (Å²) in [6.07, 6.45) is 1.12. The largest absolute Gasteiger partial charge is 0.452 e. The Bertz CT molecular complexity index is 1750. The summed E-state index contributed by atoms with van der Waals surface area (Å²) in [5.41, 5.74) is 2.22. The molecule has 2 aliphatic rings. The number of pyridine rings is 1.